The summed E-state index contributed by atoms with van der Waals surface area (Å²) in [4.78, 5) is 10.7. The Morgan fingerprint density at radius 3 is 2.75 bits per heavy atom. The summed E-state index contributed by atoms with van der Waals surface area (Å²) in [5, 5.41) is 3.97. The number of alkyl halides is 1. The Kier molecular flexibility index (Phi) is 4.06. The van der Waals surface area contributed by atoms with E-state index in [1.807, 2.05) is 0 Å². The molecule has 1 amide bonds. The van der Waals surface area contributed by atoms with Crippen LogP contribution in [0.5, 0.6) is 0 Å². The predicted molar refractivity (Wildman–Crippen MR) is 53.3 cm³/mol. The van der Waals surface area contributed by atoms with E-state index in [0.717, 1.165) is 17.8 Å². The van der Waals surface area contributed by atoms with E-state index in [1.54, 1.807) is 6.92 Å². The molecule has 1 rings (SSSR count). The van der Waals surface area contributed by atoms with Crippen molar-refractivity contribution in [3.05, 3.63) is 0 Å². The Balaban J connectivity index is 2.26. The van der Waals surface area contributed by atoms with Crippen LogP contribution in [-0.2, 0) is 4.79 Å². The molecule has 2 nitrogen and oxygen atoms in total. The van der Waals surface area contributed by atoms with Crippen molar-refractivity contribution in [2.45, 2.75) is 26.2 Å². The average molecular weight is 234 g/mol. The third kappa shape index (κ3) is 2.77. The van der Waals surface area contributed by atoms with E-state index in [0.29, 0.717) is 5.92 Å². The van der Waals surface area contributed by atoms with Gasteiger partial charge in [0.05, 0.1) is 0 Å². The molecule has 1 aliphatic carbocycles. The zero-order chi connectivity index (χ0) is 8.97. The predicted octanol–water partition coefficient (Wildman–Crippen LogP) is 1.93. The summed E-state index contributed by atoms with van der Waals surface area (Å²) in [6, 6.07) is 0. The summed E-state index contributed by atoms with van der Waals surface area (Å²) in [5.74, 6) is 1.57. The van der Waals surface area contributed by atoms with Crippen molar-refractivity contribution >= 4 is 21.8 Å². The van der Waals surface area contributed by atoms with Crippen molar-refractivity contribution in [3.8, 4) is 0 Å². The highest BCUT2D eigenvalue weighted by Crippen LogP contribution is 2.32. The van der Waals surface area contributed by atoms with E-state index in [-0.39, 0.29) is 5.91 Å². The van der Waals surface area contributed by atoms with Crippen LogP contribution in [0, 0.1) is 11.8 Å². The summed E-state index contributed by atoms with van der Waals surface area (Å²) in [7, 11) is 0. The number of carbonyl (C=O) groups excluding carboxylic acids is 1. The smallest absolute Gasteiger partial charge is 0.216 e. The number of carbonyl (C=O) groups is 1. The zero-order valence-electron chi connectivity index (χ0n) is 7.48. The first-order chi connectivity index (χ1) is 5.74. The Morgan fingerprint density at radius 2 is 2.17 bits per heavy atom. The van der Waals surface area contributed by atoms with Gasteiger partial charge in [0.2, 0.25) is 5.91 Å². The van der Waals surface area contributed by atoms with Crippen molar-refractivity contribution in [1.82, 2.24) is 5.32 Å². The van der Waals surface area contributed by atoms with E-state index < -0.39 is 0 Å². The van der Waals surface area contributed by atoms with Gasteiger partial charge in [-0.25, -0.2) is 0 Å². The standard InChI is InChI=1S/C9H16BrNO/c1-7(12)11-6-9-4-2-3-8(9)5-10/h8-9H,2-6H2,1H3,(H,11,12). The van der Waals surface area contributed by atoms with Crippen LogP contribution in [0.4, 0.5) is 0 Å². The SMILES string of the molecule is CC(=O)NCC1CCCC1CBr. The molecule has 1 N–H and O–H groups in total. The fourth-order valence-corrected chi connectivity index (χ4v) is 2.71. The summed E-state index contributed by atoms with van der Waals surface area (Å²) in [5.41, 5.74) is 0. The fourth-order valence-electron chi connectivity index (χ4n) is 1.86. The van der Waals surface area contributed by atoms with Crippen molar-refractivity contribution in [2.24, 2.45) is 11.8 Å². The van der Waals surface area contributed by atoms with Gasteiger partial charge in [-0.2, -0.15) is 0 Å². The molecule has 0 aromatic carbocycles. The lowest BCUT2D eigenvalue weighted by molar-refractivity contribution is -0.119. The minimum Gasteiger partial charge on any atom is -0.356 e. The van der Waals surface area contributed by atoms with Crippen LogP contribution in [0.2, 0.25) is 0 Å². The molecule has 3 heteroatoms. The molecule has 0 aliphatic heterocycles. The Hall–Kier alpha value is -0.0500. The first-order valence-electron chi connectivity index (χ1n) is 4.54. The van der Waals surface area contributed by atoms with Crippen LogP contribution in [0.1, 0.15) is 26.2 Å². The van der Waals surface area contributed by atoms with E-state index >= 15 is 0 Å². The van der Waals surface area contributed by atoms with Crippen LogP contribution < -0.4 is 5.32 Å². The molecule has 12 heavy (non-hydrogen) atoms. The molecular formula is C9H16BrNO. The molecule has 0 saturated heterocycles. The maximum absolute atomic E-state index is 10.7. The Bertz CT molecular complexity index is 161. The number of nitrogens with one attached hydrogen (secondary N) is 1. The monoisotopic (exact) mass is 233 g/mol. The molecule has 0 aromatic rings. The molecule has 1 fully saturated rings. The van der Waals surface area contributed by atoms with Crippen molar-refractivity contribution in [1.29, 1.82) is 0 Å². The molecule has 1 saturated carbocycles. The van der Waals surface area contributed by atoms with Gasteiger partial charge in [-0.15, -0.1) is 0 Å². The third-order valence-corrected chi connectivity index (χ3v) is 3.46. The Morgan fingerprint density at radius 1 is 1.50 bits per heavy atom. The van der Waals surface area contributed by atoms with Gasteiger partial charge in [-0.1, -0.05) is 22.4 Å². The molecule has 0 heterocycles. The van der Waals surface area contributed by atoms with Crippen molar-refractivity contribution in [3.63, 3.8) is 0 Å². The van der Waals surface area contributed by atoms with Gasteiger partial charge in [0.25, 0.3) is 0 Å². The number of hydrogen-bond acceptors (Lipinski definition) is 1. The zero-order valence-corrected chi connectivity index (χ0v) is 9.06. The van der Waals surface area contributed by atoms with E-state index in [4.69, 9.17) is 0 Å². The lowest BCUT2D eigenvalue weighted by atomic mass is 9.98. The fraction of sp³-hybridized carbons (Fsp3) is 0.889. The van der Waals surface area contributed by atoms with Crippen LogP contribution >= 0.6 is 15.9 Å². The van der Waals surface area contributed by atoms with Crippen LogP contribution in [0.3, 0.4) is 0 Å². The second-order valence-corrected chi connectivity index (χ2v) is 4.19. The number of halogens is 1. The van der Waals surface area contributed by atoms with E-state index in [1.165, 1.54) is 19.3 Å². The van der Waals surface area contributed by atoms with E-state index in [9.17, 15) is 4.79 Å². The van der Waals surface area contributed by atoms with E-state index in [2.05, 4.69) is 21.2 Å². The van der Waals surface area contributed by atoms with Gasteiger partial charge in [-0.05, 0) is 24.7 Å². The van der Waals surface area contributed by atoms with Crippen molar-refractivity contribution in [2.75, 3.05) is 11.9 Å². The lowest BCUT2D eigenvalue weighted by Crippen LogP contribution is -2.29. The molecular weight excluding hydrogens is 218 g/mol. The average Bonchev–Trinajstić information content (AvgIpc) is 2.47. The molecule has 70 valence electrons. The molecule has 0 aromatic heterocycles. The quantitative estimate of drug-likeness (QED) is 0.743. The maximum Gasteiger partial charge on any atom is 0.216 e. The normalized spacial score (nSPS) is 28.8. The van der Waals surface area contributed by atoms with Gasteiger partial charge in [-0.3, -0.25) is 4.79 Å². The molecule has 0 radical (unpaired) electrons. The molecule has 0 bridgehead atoms. The summed E-state index contributed by atoms with van der Waals surface area (Å²) in [6.45, 7) is 2.45. The van der Waals surface area contributed by atoms with Gasteiger partial charge in [0.15, 0.2) is 0 Å². The van der Waals surface area contributed by atoms with Crippen LogP contribution in [0.25, 0.3) is 0 Å². The number of amides is 1. The van der Waals surface area contributed by atoms with Gasteiger partial charge < -0.3 is 5.32 Å². The van der Waals surface area contributed by atoms with Gasteiger partial charge in [0, 0.05) is 18.8 Å². The first-order valence-corrected chi connectivity index (χ1v) is 5.66. The summed E-state index contributed by atoms with van der Waals surface area (Å²) in [6.07, 6.45) is 3.91. The molecule has 1 aliphatic rings. The van der Waals surface area contributed by atoms with Crippen molar-refractivity contribution < 1.29 is 4.79 Å². The highest BCUT2D eigenvalue weighted by Gasteiger charge is 2.25. The minimum atomic E-state index is 0.0928. The second kappa shape index (κ2) is 4.85. The Labute approximate surface area is 82.2 Å². The van der Waals surface area contributed by atoms with Crippen LogP contribution in [0.15, 0.2) is 0 Å². The van der Waals surface area contributed by atoms with Gasteiger partial charge in [0.1, 0.15) is 0 Å². The largest absolute Gasteiger partial charge is 0.356 e. The maximum atomic E-state index is 10.7. The second-order valence-electron chi connectivity index (χ2n) is 3.54. The summed E-state index contributed by atoms with van der Waals surface area (Å²) < 4.78 is 0. The summed E-state index contributed by atoms with van der Waals surface area (Å²) >= 11 is 3.51. The minimum absolute atomic E-state index is 0.0928. The number of hydrogen-bond donors (Lipinski definition) is 1. The molecule has 2 unspecified atom stereocenters. The topological polar surface area (TPSA) is 29.1 Å². The first kappa shape index (κ1) is 10.0. The highest BCUT2D eigenvalue weighted by molar-refractivity contribution is 9.09. The lowest BCUT2D eigenvalue weighted by Gasteiger charge is -2.16. The third-order valence-electron chi connectivity index (χ3n) is 2.63. The van der Waals surface area contributed by atoms with Gasteiger partial charge >= 0.3 is 0 Å². The highest BCUT2D eigenvalue weighted by atomic mass is 79.9. The number of rotatable bonds is 3. The molecule has 2 atom stereocenters. The molecule has 0 spiro atoms. The van der Waals surface area contributed by atoms with Crippen LogP contribution in [-0.4, -0.2) is 17.8 Å².